The summed E-state index contributed by atoms with van der Waals surface area (Å²) in [6.45, 7) is 5.15. The zero-order valence-electron chi connectivity index (χ0n) is 15.6. The predicted molar refractivity (Wildman–Crippen MR) is 109 cm³/mol. The fourth-order valence-corrected chi connectivity index (χ4v) is 4.39. The molecule has 0 N–H and O–H groups in total. The predicted octanol–water partition coefficient (Wildman–Crippen LogP) is 3.11. The first kappa shape index (κ1) is 17.5. The maximum absolute atomic E-state index is 4.81. The van der Waals surface area contributed by atoms with Crippen LogP contribution in [0.1, 0.15) is 18.5 Å². The van der Waals surface area contributed by atoms with Crippen molar-refractivity contribution in [3.63, 3.8) is 0 Å². The average molecular weight is 417 g/mol. The van der Waals surface area contributed by atoms with Gasteiger partial charge in [-0.3, -0.25) is 0 Å². The number of aromatic nitrogens is 3. The minimum Gasteiger partial charge on any atom is -0.360 e. The molecule has 0 aliphatic carbocycles. The molecule has 138 valence electrons. The minimum absolute atomic E-state index is 0.480. The van der Waals surface area contributed by atoms with Gasteiger partial charge in [0.15, 0.2) is 11.6 Å². The van der Waals surface area contributed by atoms with Crippen molar-refractivity contribution in [3.05, 3.63) is 34.7 Å². The smallest absolute Gasteiger partial charge is 0.172 e. The van der Waals surface area contributed by atoms with Gasteiger partial charge in [-0.25, -0.2) is 15.0 Å². The Balaban J connectivity index is 1.60. The summed E-state index contributed by atoms with van der Waals surface area (Å²) in [6, 6.07) is 4.72. The molecule has 4 rings (SSSR count). The van der Waals surface area contributed by atoms with E-state index in [0.717, 1.165) is 53.2 Å². The summed E-state index contributed by atoms with van der Waals surface area (Å²) in [6.07, 6.45) is 6.00. The third kappa shape index (κ3) is 3.13. The first-order chi connectivity index (χ1) is 12.5. The number of anilines is 3. The van der Waals surface area contributed by atoms with E-state index >= 15 is 0 Å². The van der Waals surface area contributed by atoms with Crippen LogP contribution < -0.4 is 14.7 Å². The monoisotopic (exact) mass is 416 g/mol. The molecule has 0 spiro atoms. The average Bonchev–Trinajstić information content (AvgIpc) is 3.07. The quantitative estimate of drug-likeness (QED) is 0.765. The van der Waals surface area contributed by atoms with Gasteiger partial charge in [0.1, 0.15) is 5.82 Å². The van der Waals surface area contributed by atoms with Crippen LogP contribution in [0.15, 0.2) is 29.0 Å². The van der Waals surface area contributed by atoms with Crippen LogP contribution in [0.2, 0.25) is 0 Å². The number of pyridine rings is 1. The van der Waals surface area contributed by atoms with Gasteiger partial charge in [0, 0.05) is 50.6 Å². The molecule has 2 unspecified atom stereocenters. The van der Waals surface area contributed by atoms with Crippen molar-refractivity contribution in [2.75, 3.05) is 48.4 Å². The van der Waals surface area contributed by atoms with Gasteiger partial charge in [-0.1, -0.05) is 0 Å². The molecule has 2 saturated heterocycles. The second-order valence-electron chi connectivity index (χ2n) is 7.38. The Morgan fingerprint density at radius 2 is 1.88 bits per heavy atom. The number of nitrogens with zero attached hydrogens (tertiary/aromatic N) is 6. The first-order valence-electron chi connectivity index (χ1n) is 9.17. The van der Waals surface area contributed by atoms with Crippen molar-refractivity contribution in [2.45, 2.75) is 25.8 Å². The first-order valence-corrected chi connectivity index (χ1v) is 9.97. The number of halogens is 1. The zero-order chi connectivity index (χ0) is 18.3. The highest BCUT2D eigenvalue weighted by Crippen LogP contribution is 2.37. The van der Waals surface area contributed by atoms with E-state index in [9.17, 15) is 0 Å². The fraction of sp³-hybridized carbons (Fsp3) is 0.526. The van der Waals surface area contributed by atoms with Crippen LogP contribution in [-0.2, 0) is 0 Å². The van der Waals surface area contributed by atoms with Gasteiger partial charge in [0.25, 0.3) is 0 Å². The van der Waals surface area contributed by atoms with E-state index in [-0.39, 0.29) is 0 Å². The highest BCUT2D eigenvalue weighted by molar-refractivity contribution is 9.10. The molecule has 0 aromatic carbocycles. The number of hydrogen-bond donors (Lipinski definition) is 0. The molecule has 0 bridgehead atoms. The van der Waals surface area contributed by atoms with Crippen molar-refractivity contribution in [1.29, 1.82) is 0 Å². The fourth-order valence-electron chi connectivity index (χ4n) is 4.17. The van der Waals surface area contributed by atoms with Gasteiger partial charge in [-0.15, -0.1) is 0 Å². The van der Waals surface area contributed by atoms with Crippen LogP contribution in [-0.4, -0.2) is 54.7 Å². The van der Waals surface area contributed by atoms with Crippen LogP contribution >= 0.6 is 15.9 Å². The van der Waals surface area contributed by atoms with Crippen LogP contribution in [0, 0.1) is 12.8 Å². The molecule has 7 heteroatoms. The standard InChI is InChI=1S/C19H25BrN6/c1-13-15(20)4-5-17(23-13)26-11-7-14-6-10-25(12-16(14)26)19-18(24(2)3)21-8-9-22-19/h4-5,8-9,14,16H,6-7,10-12H2,1-3H3. The van der Waals surface area contributed by atoms with E-state index in [1.54, 1.807) is 12.4 Å². The number of fused-ring (bicyclic) bond motifs is 1. The molecule has 0 radical (unpaired) electrons. The van der Waals surface area contributed by atoms with Crippen molar-refractivity contribution in [2.24, 2.45) is 5.92 Å². The molecule has 2 aliphatic heterocycles. The maximum Gasteiger partial charge on any atom is 0.172 e. The van der Waals surface area contributed by atoms with E-state index in [2.05, 4.69) is 54.8 Å². The molecule has 0 saturated carbocycles. The molecule has 4 heterocycles. The Kier molecular flexibility index (Phi) is 4.73. The summed E-state index contributed by atoms with van der Waals surface area (Å²) in [7, 11) is 4.05. The van der Waals surface area contributed by atoms with Crippen LogP contribution in [0.5, 0.6) is 0 Å². The summed E-state index contributed by atoms with van der Waals surface area (Å²) < 4.78 is 1.07. The molecule has 2 aromatic heterocycles. The van der Waals surface area contributed by atoms with Gasteiger partial charge in [-0.05, 0) is 53.7 Å². The Morgan fingerprint density at radius 1 is 1.12 bits per heavy atom. The van der Waals surface area contributed by atoms with Crippen LogP contribution in [0.25, 0.3) is 0 Å². The largest absolute Gasteiger partial charge is 0.360 e. The molecule has 2 aliphatic rings. The second kappa shape index (κ2) is 7.02. The molecule has 0 amide bonds. The van der Waals surface area contributed by atoms with Gasteiger partial charge in [0.05, 0.1) is 11.7 Å². The zero-order valence-corrected chi connectivity index (χ0v) is 17.1. The highest BCUT2D eigenvalue weighted by Gasteiger charge is 2.40. The lowest BCUT2D eigenvalue weighted by Crippen LogP contribution is -2.49. The number of hydrogen-bond acceptors (Lipinski definition) is 6. The Bertz CT molecular complexity index is 795. The van der Waals surface area contributed by atoms with Crippen molar-refractivity contribution in [3.8, 4) is 0 Å². The van der Waals surface area contributed by atoms with E-state index in [1.807, 2.05) is 19.0 Å². The van der Waals surface area contributed by atoms with Gasteiger partial charge < -0.3 is 14.7 Å². The summed E-state index contributed by atoms with van der Waals surface area (Å²) in [4.78, 5) is 20.9. The van der Waals surface area contributed by atoms with E-state index in [1.165, 1.54) is 12.8 Å². The summed E-state index contributed by atoms with van der Waals surface area (Å²) in [5.41, 5.74) is 1.04. The normalized spacial score (nSPS) is 22.5. The third-order valence-electron chi connectivity index (χ3n) is 5.55. The topological polar surface area (TPSA) is 48.4 Å². The lowest BCUT2D eigenvalue weighted by Gasteiger charge is -2.40. The Labute approximate surface area is 163 Å². The van der Waals surface area contributed by atoms with Gasteiger partial charge in [-0.2, -0.15) is 0 Å². The lowest BCUT2D eigenvalue weighted by atomic mass is 9.92. The van der Waals surface area contributed by atoms with Crippen molar-refractivity contribution < 1.29 is 0 Å². The molecule has 2 aromatic rings. The lowest BCUT2D eigenvalue weighted by molar-refractivity contribution is 0.388. The minimum atomic E-state index is 0.480. The highest BCUT2D eigenvalue weighted by atomic mass is 79.9. The molecule has 6 nitrogen and oxygen atoms in total. The van der Waals surface area contributed by atoms with Gasteiger partial charge in [0.2, 0.25) is 0 Å². The van der Waals surface area contributed by atoms with Crippen LogP contribution in [0.4, 0.5) is 17.5 Å². The molecule has 2 fully saturated rings. The summed E-state index contributed by atoms with van der Waals surface area (Å²) >= 11 is 3.56. The maximum atomic E-state index is 4.81. The van der Waals surface area contributed by atoms with Crippen LogP contribution in [0.3, 0.4) is 0 Å². The number of aryl methyl sites for hydroxylation is 1. The van der Waals surface area contributed by atoms with Crippen molar-refractivity contribution in [1.82, 2.24) is 15.0 Å². The third-order valence-corrected chi connectivity index (χ3v) is 6.39. The Morgan fingerprint density at radius 3 is 2.65 bits per heavy atom. The van der Waals surface area contributed by atoms with Gasteiger partial charge >= 0.3 is 0 Å². The molecule has 2 atom stereocenters. The number of piperidine rings is 1. The summed E-state index contributed by atoms with van der Waals surface area (Å²) in [5, 5.41) is 0. The Hall–Kier alpha value is -1.89. The molecular weight excluding hydrogens is 392 g/mol. The molecule has 26 heavy (non-hydrogen) atoms. The number of rotatable bonds is 3. The van der Waals surface area contributed by atoms with E-state index in [0.29, 0.717) is 6.04 Å². The molecular formula is C19H25BrN6. The SMILES string of the molecule is Cc1nc(N2CCC3CCN(c4nccnc4N(C)C)CC32)ccc1Br. The summed E-state index contributed by atoms with van der Waals surface area (Å²) in [5.74, 6) is 3.75. The van der Waals surface area contributed by atoms with E-state index < -0.39 is 0 Å². The van der Waals surface area contributed by atoms with E-state index in [4.69, 9.17) is 4.98 Å². The van der Waals surface area contributed by atoms with Crippen molar-refractivity contribution >= 4 is 33.4 Å². The second-order valence-corrected chi connectivity index (χ2v) is 8.23.